The molecule has 23 heteroatoms. The first-order chi connectivity index (χ1) is 23.0. The van der Waals surface area contributed by atoms with E-state index in [1.807, 2.05) is 5.32 Å². The first kappa shape index (κ1) is 42.1. The van der Waals surface area contributed by atoms with Crippen LogP contribution in [-0.4, -0.2) is 74.3 Å². The van der Waals surface area contributed by atoms with Crippen LogP contribution in [0.2, 0.25) is 0 Å². The Labute approximate surface area is 277 Å². The molecule has 1 fully saturated rings. The van der Waals surface area contributed by atoms with Crippen molar-refractivity contribution in [1.29, 1.82) is 0 Å². The highest BCUT2D eigenvalue weighted by Crippen LogP contribution is 2.40. The zero-order valence-corrected chi connectivity index (χ0v) is 25.7. The summed E-state index contributed by atoms with van der Waals surface area (Å²) < 4.78 is 148. The molecule has 282 valence electrons. The highest BCUT2D eigenvalue weighted by Gasteiger charge is 2.50. The lowest BCUT2D eigenvalue weighted by molar-refractivity contribution is -0.193. The van der Waals surface area contributed by atoms with Gasteiger partial charge in [-0.1, -0.05) is 0 Å². The van der Waals surface area contributed by atoms with Crippen LogP contribution in [0.15, 0.2) is 35.3 Å². The van der Waals surface area contributed by atoms with Crippen LogP contribution in [0.3, 0.4) is 0 Å². The number of alkyl halides is 9. The van der Waals surface area contributed by atoms with Crippen molar-refractivity contribution in [3.05, 3.63) is 63.7 Å². The number of aliphatic carboxylic acids is 2. The van der Waals surface area contributed by atoms with Gasteiger partial charge in [0.2, 0.25) is 5.43 Å². The van der Waals surface area contributed by atoms with E-state index in [0.717, 1.165) is 0 Å². The second-order valence-corrected chi connectivity index (χ2v) is 11.3. The summed E-state index contributed by atoms with van der Waals surface area (Å²) in [5, 5.41) is 18.7. The van der Waals surface area contributed by atoms with E-state index in [2.05, 4.69) is 10.3 Å². The molecule has 0 saturated heterocycles. The largest absolute Gasteiger partial charge is 0.490 e. The van der Waals surface area contributed by atoms with Crippen molar-refractivity contribution in [1.82, 2.24) is 14.9 Å². The molecule has 2 aromatic heterocycles. The SMILES string of the molecule is CC(C)(N)CNc1ccc2c(=O)c(C(=O)NC(C3CC3)C(F)(F)F)cn(-c3c(F)cc(F)cc3F)c2n1.O=C(O)C(F)(F)F.O=C(O)C(F)(F)F. The lowest BCUT2D eigenvalue weighted by atomic mass is 10.1. The number of nitrogens with two attached hydrogens (primary N) is 1. The molecule has 6 N–H and O–H groups in total. The molecule has 1 atom stereocenters. The Hall–Kier alpha value is -5.09. The summed E-state index contributed by atoms with van der Waals surface area (Å²) in [5.74, 6) is -11.6. The number of amides is 1. The van der Waals surface area contributed by atoms with E-state index >= 15 is 0 Å². The van der Waals surface area contributed by atoms with Crippen LogP contribution in [-0.2, 0) is 9.59 Å². The van der Waals surface area contributed by atoms with Crippen molar-refractivity contribution in [2.45, 2.75) is 56.8 Å². The summed E-state index contributed by atoms with van der Waals surface area (Å²) in [5.41, 5.74) is 2.27. The Bertz CT molecular complexity index is 1780. The minimum atomic E-state index is -5.08. The molecule has 4 rings (SSSR count). The maximum atomic E-state index is 14.8. The Kier molecular flexibility index (Phi) is 12.7. The average molecular weight is 756 g/mol. The third kappa shape index (κ3) is 12.0. The molecule has 0 aliphatic heterocycles. The number of hydrogen-bond acceptors (Lipinski definition) is 7. The van der Waals surface area contributed by atoms with Crippen LogP contribution in [0.4, 0.5) is 58.5 Å². The number of halogens is 12. The number of carboxylic acid groups (broad SMARTS) is 2. The van der Waals surface area contributed by atoms with Crippen molar-refractivity contribution >= 4 is 34.7 Å². The van der Waals surface area contributed by atoms with E-state index in [1.165, 1.54) is 12.1 Å². The van der Waals surface area contributed by atoms with Crippen molar-refractivity contribution in [2.75, 3.05) is 11.9 Å². The lowest BCUT2D eigenvalue weighted by Crippen LogP contribution is -2.48. The van der Waals surface area contributed by atoms with E-state index < -0.39 is 88.0 Å². The number of aromatic nitrogens is 2. The number of nitrogens with zero attached hydrogens (tertiary/aromatic N) is 2. The van der Waals surface area contributed by atoms with Crippen molar-refractivity contribution < 1.29 is 77.3 Å². The number of pyridine rings is 2. The molecule has 0 spiro atoms. The molecule has 11 nitrogen and oxygen atoms in total. The quantitative estimate of drug-likeness (QED) is 0.201. The summed E-state index contributed by atoms with van der Waals surface area (Å²) in [6.07, 6.45) is -13.7. The minimum absolute atomic E-state index is 0.158. The van der Waals surface area contributed by atoms with Crippen LogP contribution >= 0.6 is 0 Å². The van der Waals surface area contributed by atoms with Crippen LogP contribution in [0.25, 0.3) is 16.7 Å². The van der Waals surface area contributed by atoms with E-state index in [9.17, 15) is 62.3 Å². The Morgan fingerprint density at radius 3 is 1.78 bits per heavy atom. The van der Waals surface area contributed by atoms with Gasteiger partial charge in [-0.15, -0.1) is 0 Å². The zero-order valence-electron chi connectivity index (χ0n) is 25.7. The van der Waals surface area contributed by atoms with Gasteiger partial charge in [-0.3, -0.25) is 14.2 Å². The lowest BCUT2D eigenvalue weighted by Gasteiger charge is -2.22. The van der Waals surface area contributed by atoms with Crippen LogP contribution in [0.1, 0.15) is 37.0 Å². The number of anilines is 1. The average Bonchev–Trinajstić information content (AvgIpc) is 3.79. The number of fused-ring (bicyclic) bond motifs is 1. The summed E-state index contributed by atoms with van der Waals surface area (Å²) in [6, 6.07) is 1.14. The predicted molar refractivity (Wildman–Crippen MR) is 151 cm³/mol. The standard InChI is InChI=1S/C24H23F6N5O2.2C2HF3O2/c1-23(2,31)10-32-17-6-5-13-19(36)14(22(37)34-20(11-3-4-11)24(28,29)30)9-35(21(13)33-17)18-15(26)7-12(25)8-16(18)27;2*3-2(4,5)1(6)7/h5-9,11,20H,3-4,10,31H2,1-2H3,(H,32,33)(H,34,37);2*(H,6,7). The number of carbonyl (C=O) groups is 3. The van der Waals surface area contributed by atoms with Gasteiger partial charge in [0.15, 0.2) is 17.3 Å². The van der Waals surface area contributed by atoms with E-state index in [0.29, 0.717) is 22.9 Å². The van der Waals surface area contributed by atoms with Crippen LogP contribution in [0.5, 0.6) is 0 Å². The first-order valence-corrected chi connectivity index (χ1v) is 13.8. The molecule has 1 saturated carbocycles. The van der Waals surface area contributed by atoms with Crippen molar-refractivity contribution in [3.8, 4) is 5.69 Å². The summed E-state index contributed by atoms with van der Waals surface area (Å²) >= 11 is 0. The first-order valence-electron chi connectivity index (χ1n) is 13.8. The van der Waals surface area contributed by atoms with Crippen molar-refractivity contribution in [2.24, 2.45) is 11.7 Å². The third-order valence-corrected chi connectivity index (χ3v) is 6.26. The Morgan fingerprint density at radius 1 is 0.922 bits per heavy atom. The molecule has 2 heterocycles. The normalized spacial score (nSPS) is 14.0. The van der Waals surface area contributed by atoms with E-state index in [-0.39, 0.29) is 36.2 Å². The molecule has 3 aromatic rings. The van der Waals surface area contributed by atoms with Crippen LogP contribution < -0.4 is 21.8 Å². The highest BCUT2D eigenvalue weighted by atomic mass is 19.4. The van der Waals surface area contributed by atoms with Gasteiger partial charge >= 0.3 is 30.5 Å². The number of hydrogen-bond donors (Lipinski definition) is 5. The molecule has 51 heavy (non-hydrogen) atoms. The maximum Gasteiger partial charge on any atom is 0.490 e. The van der Waals surface area contributed by atoms with Gasteiger partial charge < -0.3 is 26.6 Å². The fourth-order valence-corrected chi connectivity index (χ4v) is 3.83. The highest BCUT2D eigenvalue weighted by molar-refractivity contribution is 5.97. The van der Waals surface area contributed by atoms with E-state index in [4.69, 9.17) is 25.5 Å². The smallest absolute Gasteiger partial charge is 0.475 e. The molecule has 1 aromatic carbocycles. The fraction of sp³-hybridized carbons (Fsp3) is 0.393. The fourth-order valence-electron chi connectivity index (χ4n) is 3.83. The number of rotatable bonds is 7. The second kappa shape index (κ2) is 15.4. The summed E-state index contributed by atoms with van der Waals surface area (Å²) in [4.78, 5) is 48.0. The van der Waals surface area contributed by atoms with Gasteiger partial charge in [0.1, 0.15) is 28.9 Å². The van der Waals surface area contributed by atoms with Gasteiger partial charge in [-0.25, -0.2) is 27.7 Å². The third-order valence-electron chi connectivity index (χ3n) is 6.26. The van der Waals surface area contributed by atoms with Crippen LogP contribution in [0, 0.1) is 23.4 Å². The molecular weight excluding hydrogens is 730 g/mol. The molecule has 1 amide bonds. The molecule has 1 unspecified atom stereocenters. The molecule has 1 aliphatic carbocycles. The summed E-state index contributed by atoms with van der Waals surface area (Å²) in [6.45, 7) is 3.66. The predicted octanol–water partition coefficient (Wildman–Crippen LogP) is 5.29. The van der Waals surface area contributed by atoms with Gasteiger partial charge in [0.05, 0.1) is 5.39 Å². The second-order valence-electron chi connectivity index (χ2n) is 11.3. The minimum Gasteiger partial charge on any atom is -0.475 e. The number of benzene rings is 1. The van der Waals surface area contributed by atoms with Gasteiger partial charge in [-0.2, -0.15) is 39.5 Å². The molecule has 0 bridgehead atoms. The Morgan fingerprint density at radius 2 is 1.39 bits per heavy atom. The monoisotopic (exact) mass is 755 g/mol. The molecular formula is C28H25F12N5O6. The van der Waals surface area contributed by atoms with E-state index in [1.54, 1.807) is 13.8 Å². The molecule has 1 aliphatic rings. The Balaban J connectivity index is 0.000000543. The summed E-state index contributed by atoms with van der Waals surface area (Å²) in [7, 11) is 0. The van der Waals surface area contributed by atoms with Crippen molar-refractivity contribution in [3.63, 3.8) is 0 Å². The van der Waals surface area contributed by atoms with Gasteiger partial charge in [-0.05, 0) is 44.7 Å². The number of carboxylic acids is 2. The zero-order chi connectivity index (χ0) is 39.4. The maximum absolute atomic E-state index is 14.8. The number of nitrogens with one attached hydrogen (secondary N) is 2. The van der Waals surface area contributed by atoms with Gasteiger partial charge in [0, 0.05) is 30.4 Å². The topological polar surface area (TPSA) is 177 Å². The molecule has 0 radical (unpaired) electrons. The number of carbonyl (C=O) groups excluding carboxylic acids is 1. The van der Waals surface area contributed by atoms with Gasteiger partial charge in [0.25, 0.3) is 5.91 Å².